The van der Waals surface area contributed by atoms with E-state index in [-0.39, 0.29) is 5.75 Å². The van der Waals surface area contributed by atoms with Crippen LogP contribution in [-0.4, -0.2) is 5.11 Å². The van der Waals surface area contributed by atoms with E-state index in [1.807, 2.05) is 0 Å². The van der Waals surface area contributed by atoms with Crippen molar-refractivity contribution in [2.45, 2.75) is 39.0 Å². The molecule has 2 heteroatoms. The van der Waals surface area contributed by atoms with Gasteiger partial charge in [0.1, 0.15) is 5.75 Å². The predicted molar refractivity (Wildman–Crippen MR) is 75.9 cm³/mol. The average molecular weight is 241 g/mol. The molecular weight excluding hydrogens is 222 g/mol. The second-order valence-corrected chi connectivity index (χ2v) is 4.14. The first-order valence-corrected chi connectivity index (χ1v) is 6.31. The van der Waals surface area contributed by atoms with Gasteiger partial charge in [-0.15, -0.1) is 0 Å². The van der Waals surface area contributed by atoms with E-state index in [0.29, 0.717) is 5.69 Å². The second-order valence-electron chi connectivity index (χ2n) is 4.14. The van der Waals surface area contributed by atoms with Gasteiger partial charge >= 0.3 is 0 Å². The fraction of sp³-hybridized carbons (Fsp3) is 0.375. The fourth-order valence-electron chi connectivity index (χ4n) is 1.48. The smallest absolute Gasteiger partial charge is 0.138 e. The topological polar surface area (TPSA) is 46.2 Å². The van der Waals surface area contributed by atoms with E-state index in [0.717, 1.165) is 18.4 Å². The molecule has 1 rings (SSSR count). The van der Waals surface area contributed by atoms with Crippen molar-refractivity contribution in [1.82, 2.24) is 0 Å². The maximum atomic E-state index is 9.25. The van der Waals surface area contributed by atoms with Crippen LogP contribution in [0.15, 0.2) is 18.2 Å². The Balaban J connectivity index is 2.41. The number of nitrogen functional groups attached to an aromatic ring is 1. The number of phenolic OH excluding ortho intramolecular Hbond substituents is 1. The molecule has 1 aromatic carbocycles. The Morgan fingerprint density at radius 2 is 2.00 bits per heavy atom. The molecule has 0 aliphatic rings. The summed E-state index contributed by atoms with van der Waals surface area (Å²) in [5, 5.41) is 9.25. The summed E-state index contributed by atoms with van der Waals surface area (Å²) < 4.78 is 0. The van der Waals surface area contributed by atoms with Crippen LogP contribution in [0.4, 0.5) is 5.69 Å². The summed E-state index contributed by atoms with van der Waals surface area (Å²) >= 11 is 0. The number of anilines is 1. The molecule has 0 saturated heterocycles. The lowest BCUT2D eigenvalue weighted by Crippen LogP contribution is -1.86. The first-order chi connectivity index (χ1) is 8.74. The first kappa shape index (κ1) is 14.0. The van der Waals surface area contributed by atoms with Gasteiger partial charge in [-0.2, -0.15) is 0 Å². The summed E-state index contributed by atoms with van der Waals surface area (Å²) in [6.45, 7) is 2.19. The van der Waals surface area contributed by atoms with E-state index < -0.39 is 0 Å². The fourth-order valence-corrected chi connectivity index (χ4v) is 1.48. The number of unbranched alkanes of at least 4 members (excludes halogenated alkanes) is 4. The summed E-state index contributed by atoms with van der Waals surface area (Å²) in [5.74, 6) is 11.6. The van der Waals surface area contributed by atoms with Crippen molar-refractivity contribution < 1.29 is 5.11 Å². The molecule has 0 unspecified atom stereocenters. The highest BCUT2D eigenvalue weighted by Crippen LogP contribution is 2.19. The summed E-state index contributed by atoms with van der Waals surface area (Å²) in [5.41, 5.74) is 6.68. The lowest BCUT2D eigenvalue weighted by atomic mass is 10.1. The minimum Gasteiger partial charge on any atom is -0.506 e. The third kappa shape index (κ3) is 5.32. The number of phenols is 1. The molecule has 0 fully saturated rings. The van der Waals surface area contributed by atoms with Gasteiger partial charge in [0.05, 0.1) is 5.69 Å². The van der Waals surface area contributed by atoms with Crippen LogP contribution in [0.5, 0.6) is 5.75 Å². The molecule has 0 bridgehead atoms. The van der Waals surface area contributed by atoms with Crippen LogP contribution < -0.4 is 5.73 Å². The van der Waals surface area contributed by atoms with Crippen LogP contribution in [0.3, 0.4) is 0 Å². The minimum absolute atomic E-state index is 0.0857. The number of aromatic hydroxyl groups is 1. The van der Waals surface area contributed by atoms with Crippen LogP contribution in [0.25, 0.3) is 0 Å². The van der Waals surface area contributed by atoms with Crippen molar-refractivity contribution in [2.75, 3.05) is 5.73 Å². The summed E-state index contributed by atoms with van der Waals surface area (Å²) in [6.07, 6.45) is 5.82. The van der Waals surface area contributed by atoms with Crippen LogP contribution >= 0.6 is 0 Å². The molecule has 0 aromatic heterocycles. The lowest BCUT2D eigenvalue weighted by molar-refractivity contribution is 0.478. The van der Waals surface area contributed by atoms with Crippen LogP contribution in [0.1, 0.15) is 44.6 Å². The van der Waals surface area contributed by atoms with Gasteiger partial charge in [0, 0.05) is 12.0 Å². The Bertz CT molecular complexity index is 497. The largest absolute Gasteiger partial charge is 0.506 e. The predicted octanol–water partition coefficient (Wildman–Crippen LogP) is 3.30. The van der Waals surface area contributed by atoms with E-state index in [4.69, 9.17) is 5.73 Å². The molecule has 0 aliphatic carbocycles. The molecule has 0 amide bonds. The molecule has 0 heterocycles. The van der Waals surface area contributed by atoms with Gasteiger partial charge in [0.2, 0.25) is 0 Å². The Morgan fingerprint density at radius 1 is 1.17 bits per heavy atom. The molecule has 94 valence electrons. The zero-order chi connectivity index (χ0) is 13.2. The standard InChI is InChI=1S/C16H19NO/c1-2-3-4-5-6-7-8-9-10-14-11-12-16(18)15(17)13-14/h11-13,18H,2-6,17H2,1H3. The van der Waals surface area contributed by atoms with E-state index in [1.54, 1.807) is 12.1 Å². The molecule has 0 spiro atoms. The molecule has 1 aromatic rings. The van der Waals surface area contributed by atoms with Crippen molar-refractivity contribution in [2.24, 2.45) is 0 Å². The molecule has 18 heavy (non-hydrogen) atoms. The maximum absolute atomic E-state index is 9.25. The van der Waals surface area contributed by atoms with Crippen molar-refractivity contribution in [3.05, 3.63) is 23.8 Å². The van der Waals surface area contributed by atoms with Gasteiger partial charge in [-0.05, 0) is 36.5 Å². The number of rotatable bonds is 4. The number of benzene rings is 1. The summed E-state index contributed by atoms with van der Waals surface area (Å²) in [4.78, 5) is 0. The third-order valence-electron chi connectivity index (χ3n) is 2.54. The Labute approximate surface area is 109 Å². The summed E-state index contributed by atoms with van der Waals surface area (Å²) in [7, 11) is 0. The van der Waals surface area contributed by atoms with E-state index in [9.17, 15) is 5.11 Å². The van der Waals surface area contributed by atoms with Gasteiger partial charge < -0.3 is 10.8 Å². The maximum Gasteiger partial charge on any atom is 0.138 e. The molecule has 0 radical (unpaired) electrons. The van der Waals surface area contributed by atoms with Crippen LogP contribution in [0, 0.1) is 23.7 Å². The van der Waals surface area contributed by atoms with Crippen molar-refractivity contribution >= 4 is 5.69 Å². The zero-order valence-electron chi connectivity index (χ0n) is 10.8. The summed E-state index contributed by atoms with van der Waals surface area (Å²) in [6, 6.07) is 4.91. The van der Waals surface area contributed by atoms with Gasteiger partial charge in [0.15, 0.2) is 0 Å². The zero-order valence-corrected chi connectivity index (χ0v) is 10.8. The Hall–Kier alpha value is -2.06. The molecule has 2 nitrogen and oxygen atoms in total. The average Bonchev–Trinajstić information content (AvgIpc) is 2.37. The minimum atomic E-state index is 0.0857. The van der Waals surface area contributed by atoms with E-state index >= 15 is 0 Å². The van der Waals surface area contributed by atoms with Crippen molar-refractivity contribution in [3.8, 4) is 29.4 Å². The van der Waals surface area contributed by atoms with Gasteiger partial charge in [0.25, 0.3) is 0 Å². The number of hydrogen-bond acceptors (Lipinski definition) is 2. The normalized spacial score (nSPS) is 8.94. The van der Waals surface area contributed by atoms with Gasteiger partial charge in [-0.3, -0.25) is 0 Å². The molecule has 0 aliphatic heterocycles. The lowest BCUT2D eigenvalue weighted by Gasteiger charge is -1.96. The number of nitrogens with two attached hydrogens (primary N) is 1. The van der Waals surface area contributed by atoms with Crippen LogP contribution in [-0.2, 0) is 0 Å². The van der Waals surface area contributed by atoms with Crippen LogP contribution in [0.2, 0.25) is 0 Å². The monoisotopic (exact) mass is 241 g/mol. The molecular formula is C16H19NO. The van der Waals surface area contributed by atoms with Gasteiger partial charge in [-0.1, -0.05) is 38.0 Å². The number of hydrogen-bond donors (Lipinski definition) is 2. The van der Waals surface area contributed by atoms with E-state index in [1.165, 1.54) is 25.3 Å². The Morgan fingerprint density at radius 3 is 2.72 bits per heavy atom. The third-order valence-corrected chi connectivity index (χ3v) is 2.54. The highest BCUT2D eigenvalue weighted by Gasteiger charge is 1.95. The molecule has 3 N–H and O–H groups in total. The SMILES string of the molecule is CCCCCCC#CC#Cc1ccc(O)c(N)c1. The quantitative estimate of drug-likeness (QED) is 0.368. The van der Waals surface area contributed by atoms with Crippen molar-refractivity contribution in [1.29, 1.82) is 0 Å². The Kier molecular flexibility index (Phi) is 6.30. The van der Waals surface area contributed by atoms with Gasteiger partial charge in [-0.25, -0.2) is 0 Å². The van der Waals surface area contributed by atoms with E-state index in [2.05, 4.69) is 30.6 Å². The first-order valence-electron chi connectivity index (χ1n) is 6.31. The van der Waals surface area contributed by atoms with Crippen molar-refractivity contribution in [3.63, 3.8) is 0 Å². The molecule has 0 saturated carbocycles. The second kappa shape index (κ2) is 8.09. The highest BCUT2D eigenvalue weighted by atomic mass is 16.3. The molecule has 0 atom stereocenters. The highest BCUT2D eigenvalue weighted by molar-refractivity contribution is 5.57.